The predicted molar refractivity (Wildman–Crippen MR) is 80.9 cm³/mol. The summed E-state index contributed by atoms with van der Waals surface area (Å²) in [6.45, 7) is 1.84. The Kier molecular flexibility index (Phi) is 5.13. The summed E-state index contributed by atoms with van der Waals surface area (Å²) in [5.74, 6) is 1.28. The fourth-order valence-electron chi connectivity index (χ4n) is 1.72. The Labute approximate surface area is 128 Å². The monoisotopic (exact) mass is 303 g/mol. The minimum atomic E-state index is 0.134. The van der Waals surface area contributed by atoms with E-state index in [1.807, 2.05) is 25.1 Å². The standard InChI is InChI=1S/C15H17N3O4/c1-10(18-21-4)11-6-5-7-12(8-11)22-15-16-13(19-2)9-14(17-15)20-3/h5-9H,1-4H3. The normalized spacial score (nSPS) is 11.0. The van der Waals surface area contributed by atoms with Crippen LogP contribution >= 0.6 is 0 Å². The summed E-state index contributed by atoms with van der Waals surface area (Å²) in [6.07, 6.45) is 0. The first-order valence-electron chi connectivity index (χ1n) is 6.49. The van der Waals surface area contributed by atoms with E-state index in [9.17, 15) is 0 Å². The first-order valence-corrected chi connectivity index (χ1v) is 6.49. The average Bonchev–Trinajstić information content (AvgIpc) is 2.55. The molecule has 1 aromatic carbocycles. The Balaban J connectivity index is 2.27. The number of methoxy groups -OCH3 is 2. The molecule has 0 amide bonds. The van der Waals surface area contributed by atoms with Crippen LogP contribution in [0.3, 0.4) is 0 Å². The minimum Gasteiger partial charge on any atom is -0.481 e. The third-order valence-corrected chi connectivity index (χ3v) is 2.77. The highest BCUT2D eigenvalue weighted by Crippen LogP contribution is 2.24. The number of ether oxygens (including phenoxy) is 3. The summed E-state index contributed by atoms with van der Waals surface area (Å²) in [4.78, 5) is 13.0. The van der Waals surface area contributed by atoms with Crippen molar-refractivity contribution >= 4 is 5.71 Å². The lowest BCUT2D eigenvalue weighted by molar-refractivity contribution is 0.213. The summed E-state index contributed by atoms with van der Waals surface area (Å²) in [7, 11) is 4.52. The lowest BCUT2D eigenvalue weighted by atomic mass is 10.1. The number of oxime groups is 1. The van der Waals surface area contributed by atoms with Crippen molar-refractivity contribution in [3.63, 3.8) is 0 Å². The molecule has 0 spiro atoms. The Hall–Kier alpha value is -2.83. The largest absolute Gasteiger partial charge is 0.481 e. The molecule has 0 aliphatic rings. The van der Waals surface area contributed by atoms with Gasteiger partial charge in [0.05, 0.1) is 26.0 Å². The number of rotatable bonds is 6. The molecule has 0 atom stereocenters. The molecular formula is C15H17N3O4. The Morgan fingerprint density at radius 2 is 1.68 bits per heavy atom. The fourth-order valence-corrected chi connectivity index (χ4v) is 1.72. The summed E-state index contributed by atoms with van der Waals surface area (Å²) in [6, 6.07) is 9.05. The number of aromatic nitrogens is 2. The summed E-state index contributed by atoms with van der Waals surface area (Å²) >= 11 is 0. The zero-order valence-electron chi connectivity index (χ0n) is 12.9. The molecular weight excluding hydrogens is 286 g/mol. The molecule has 1 heterocycles. The Morgan fingerprint density at radius 1 is 1.00 bits per heavy atom. The second kappa shape index (κ2) is 7.26. The average molecular weight is 303 g/mol. The first kappa shape index (κ1) is 15.6. The van der Waals surface area contributed by atoms with E-state index < -0.39 is 0 Å². The molecule has 0 aliphatic heterocycles. The molecule has 0 bridgehead atoms. The molecule has 2 aromatic rings. The Bertz CT molecular complexity index is 651. The SMILES string of the molecule is CON=C(C)c1cccc(Oc2nc(OC)cc(OC)n2)c1. The molecule has 2 rings (SSSR count). The first-order chi connectivity index (χ1) is 10.7. The molecule has 0 unspecified atom stereocenters. The highest BCUT2D eigenvalue weighted by molar-refractivity contribution is 5.98. The predicted octanol–water partition coefficient (Wildman–Crippen LogP) is 2.66. The summed E-state index contributed by atoms with van der Waals surface area (Å²) in [5.41, 5.74) is 1.60. The second-order valence-corrected chi connectivity index (χ2v) is 4.22. The van der Waals surface area contributed by atoms with Gasteiger partial charge in [0.25, 0.3) is 0 Å². The van der Waals surface area contributed by atoms with Crippen LogP contribution < -0.4 is 14.2 Å². The zero-order valence-corrected chi connectivity index (χ0v) is 12.9. The van der Waals surface area contributed by atoms with Crippen molar-refractivity contribution in [1.82, 2.24) is 9.97 Å². The van der Waals surface area contributed by atoms with Crippen LogP contribution in [0.4, 0.5) is 0 Å². The maximum absolute atomic E-state index is 5.65. The van der Waals surface area contributed by atoms with Gasteiger partial charge < -0.3 is 19.0 Å². The third-order valence-electron chi connectivity index (χ3n) is 2.77. The van der Waals surface area contributed by atoms with Crippen LogP contribution in [0.1, 0.15) is 12.5 Å². The van der Waals surface area contributed by atoms with E-state index in [0.717, 1.165) is 11.3 Å². The quantitative estimate of drug-likeness (QED) is 0.603. The third kappa shape index (κ3) is 3.85. The highest BCUT2D eigenvalue weighted by atomic mass is 16.6. The lowest BCUT2D eigenvalue weighted by Gasteiger charge is -2.08. The van der Waals surface area contributed by atoms with E-state index >= 15 is 0 Å². The maximum Gasteiger partial charge on any atom is 0.328 e. The van der Waals surface area contributed by atoms with Crippen molar-refractivity contribution in [1.29, 1.82) is 0 Å². The van der Waals surface area contributed by atoms with E-state index in [1.54, 1.807) is 12.1 Å². The van der Waals surface area contributed by atoms with Crippen LogP contribution in [0.15, 0.2) is 35.5 Å². The topological polar surface area (TPSA) is 75.1 Å². The summed E-state index contributed by atoms with van der Waals surface area (Å²) < 4.78 is 15.8. The molecule has 0 saturated heterocycles. The van der Waals surface area contributed by atoms with Crippen molar-refractivity contribution in [2.24, 2.45) is 5.16 Å². The van der Waals surface area contributed by atoms with Crippen LogP contribution in [0.5, 0.6) is 23.5 Å². The van der Waals surface area contributed by atoms with Crippen molar-refractivity contribution in [2.75, 3.05) is 21.3 Å². The van der Waals surface area contributed by atoms with Crippen molar-refractivity contribution in [2.45, 2.75) is 6.92 Å². The zero-order chi connectivity index (χ0) is 15.9. The van der Waals surface area contributed by atoms with Crippen LogP contribution in [0.2, 0.25) is 0 Å². The maximum atomic E-state index is 5.65. The van der Waals surface area contributed by atoms with Gasteiger partial charge in [0.15, 0.2) is 0 Å². The van der Waals surface area contributed by atoms with Gasteiger partial charge in [0.1, 0.15) is 12.9 Å². The molecule has 0 saturated carbocycles. The molecule has 0 radical (unpaired) electrons. The van der Waals surface area contributed by atoms with E-state index in [1.165, 1.54) is 21.3 Å². The van der Waals surface area contributed by atoms with E-state index in [0.29, 0.717) is 17.5 Å². The van der Waals surface area contributed by atoms with Crippen molar-refractivity contribution in [3.8, 4) is 23.5 Å². The lowest BCUT2D eigenvalue weighted by Crippen LogP contribution is -1.99. The number of nitrogens with zero attached hydrogens (tertiary/aromatic N) is 3. The molecule has 22 heavy (non-hydrogen) atoms. The van der Waals surface area contributed by atoms with Gasteiger partial charge in [-0.2, -0.15) is 9.97 Å². The molecule has 0 aliphatic carbocycles. The number of hydrogen-bond acceptors (Lipinski definition) is 7. The highest BCUT2D eigenvalue weighted by Gasteiger charge is 2.08. The van der Waals surface area contributed by atoms with Gasteiger partial charge in [-0.25, -0.2) is 0 Å². The fraction of sp³-hybridized carbons (Fsp3) is 0.267. The minimum absolute atomic E-state index is 0.134. The van der Waals surface area contributed by atoms with Crippen molar-refractivity contribution < 1.29 is 19.0 Å². The molecule has 0 N–H and O–H groups in total. The molecule has 0 fully saturated rings. The van der Waals surface area contributed by atoms with Gasteiger partial charge in [-0.05, 0) is 19.1 Å². The van der Waals surface area contributed by atoms with Crippen LogP contribution in [-0.4, -0.2) is 37.0 Å². The second-order valence-electron chi connectivity index (χ2n) is 4.22. The van der Waals surface area contributed by atoms with Crippen LogP contribution in [-0.2, 0) is 4.84 Å². The van der Waals surface area contributed by atoms with E-state index in [4.69, 9.17) is 19.0 Å². The van der Waals surface area contributed by atoms with Gasteiger partial charge in [-0.15, -0.1) is 0 Å². The summed E-state index contributed by atoms with van der Waals surface area (Å²) in [5, 5.41) is 3.89. The number of hydrogen-bond donors (Lipinski definition) is 0. The van der Waals surface area contributed by atoms with Gasteiger partial charge in [0.2, 0.25) is 11.8 Å². The van der Waals surface area contributed by atoms with E-state index in [-0.39, 0.29) is 6.01 Å². The van der Waals surface area contributed by atoms with Gasteiger partial charge >= 0.3 is 6.01 Å². The van der Waals surface area contributed by atoms with Crippen molar-refractivity contribution in [3.05, 3.63) is 35.9 Å². The van der Waals surface area contributed by atoms with Gasteiger partial charge in [0, 0.05) is 5.56 Å². The Morgan fingerprint density at radius 3 is 2.27 bits per heavy atom. The van der Waals surface area contributed by atoms with E-state index in [2.05, 4.69) is 15.1 Å². The van der Waals surface area contributed by atoms with Gasteiger partial charge in [-0.1, -0.05) is 17.3 Å². The number of benzene rings is 1. The molecule has 7 nitrogen and oxygen atoms in total. The van der Waals surface area contributed by atoms with Gasteiger partial charge in [-0.3, -0.25) is 0 Å². The molecule has 116 valence electrons. The smallest absolute Gasteiger partial charge is 0.328 e. The molecule has 1 aromatic heterocycles. The molecule has 7 heteroatoms. The van der Waals surface area contributed by atoms with Crippen LogP contribution in [0.25, 0.3) is 0 Å². The van der Waals surface area contributed by atoms with Crippen LogP contribution in [0, 0.1) is 0 Å².